The van der Waals surface area contributed by atoms with Gasteiger partial charge in [-0.15, -0.1) is 23.2 Å². The first-order chi connectivity index (χ1) is 23.7. The van der Waals surface area contributed by atoms with Crippen LogP contribution in [0.2, 0.25) is 0 Å². The number of fused-ring (bicyclic) bond motifs is 5. The number of hydrogen-bond donors (Lipinski definition) is 4. The Kier molecular flexibility index (Phi) is 14.0. The third-order valence-electron chi connectivity index (χ3n) is 12.6. The topological polar surface area (TPSA) is 93.0 Å². The third-order valence-corrected chi connectivity index (χ3v) is 12.9. The van der Waals surface area contributed by atoms with E-state index in [-0.39, 0.29) is 17.9 Å². The molecule has 6 atom stereocenters. The van der Waals surface area contributed by atoms with Crippen LogP contribution in [-0.2, 0) is 17.6 Å². The minimum atomic E-state index is -0.459. The molecule has 3 aliphatic rings. The van der Waals surface area contributed by atoms with E-state index in [0.717, 1.165) is 115 Å². The summed E-state index contributed by atoms with van der Waals surface area (Å²) in [5.41, 5.74) is 4.53. The molecular weight excluding hydrogens is 655 g/mol. The van der Waals surface area contributed by atoms with E-state index in [1.807, 2.05) is 12.1 Å². The van der Waals surface area contributed by atoms with Gasteiger partial charge in [-0.1, -0.05) is 57.2 Å². The minimum absolute atomic E-state index is 0.0663. The van der Waals surface area contributed by atoms with Crippen molar-refractivity contribution in [2.75, 3.05) is 42.9 Å². The smallest absolute Gasteiger partial charge is 0.220 e. The number of nitrogens with zero attached hydrogens (tertiary/aromatic N) is 1. The number of phenols is 1. The Hall–Kier alpha value is -1.99. The number of phenolic OH excluding ortho intramolecular Hbond substituents is 1. The predicted molar refractivity (Wildman–Crippen MR) is 202 cm³/mol. The van der Waals surface area contributed by atoms with Gasteiger partial charge >= 0.3 is 0 Å². The SMILES string of the molecule is C[C@]12CC[C@@H]3c4ccc(O)cc4CC[C@H]3[C@@H]1C[C@@](CO)(CCCCCCCCNC(=O)CCCc1ccc(N(CCCl)CCCl)cc1)[C@@H]2O. The molecule has 3 aliphatic carbocycles. The van der Waals surface area contributed by atoms with Gasteiger partial charge in [-0.05, 0) is 122 Å². The highest BCUT2D eigenvalue weighted by Gasteiger charge is 2.63. The van der Waals surface area contributed by atoms with E-state index >= 15 is 0 Å². The lowest BCUT2D eigenvalue weighted by Gasteiger charge is -2.50. The van der Waals surface area contributed by atoms with Crippen molar-refractivity contribution in [2.24, 2.45) is 22.7 Å². The molecule has 0 aliphatic heterocycles. The van der Waals surface area contributed by atoms with E-state index in [4.69, 9.17) is 23.2 Å². The molecule has 0 aromatic heterocycles. The molecule has 2 aromatic carbocycles. The number of halogens is 2. The van der Waals surface area contributed by atoms with Gasteiger partial charge in [-0.3, -0.25) is 4.79 Å². The zero-order valence-corrected chi connectivity index (χ0v) is 31.2. The Morgan fingerprint density at radius 1 is 0.959 bits per heavy atom. The summed E-state index contributed by atoms with van der Waals surface area (Å²) in [6.45, 7) is 4.64. The number of hydrogen-bond acceptors (Lipinski definition) is 5. The van der Waals surface area contributed by atoms with E-state index < -0.39 is 11.5 Å². The molecule has 0 radical (unpaired) electrons. The highest BCUT2D eigenvalue weighted by atomic mass is 35.5. The molecule has 272 valence electrons. The van der Waals surface area contributed by atoms with E-state index in [1.165, 1.54) is 16.7 Å². The number of alkyl halides is 2. The Balaban J connectivity index is 0.952. The zero-order chi connectivity index (χ0) is 34.9. The summed E-state index contributed by atoms with van der Waals surface area (Å²) >= 11 is 11.9. The summed E-state index contributed by atoms with van der Waals surface area (Å²) in [5.74, 6) is 3.09. The van der Waals surface area contributed by atoms with Crippen LogP contribution in [0.1, 0.15) is 113 Å². The van der Waals surface area contributed by atoms with Crippen molar-refractivity contribution in [3.8, 4) is 5.75 Å². The van der Waals surface area contributed by atoms with Crippen molar-refractivity contribution in [1.82, 2.24) is 5.32 Å². The van der Waals surface area contributed by atoms with Crippen molar-refractivity contribution in [1.29, 1.82) is 0 Å². The number of aryl methyl sites for hydroxylation is 2. The molecule has 2 aromatic rings. The molecule has 0 heterocycles. The lowest BCUT2D eigenvalue weighted by molar-refractivity contribution is -0.121. The second-order valence-corrected chi connectivity index (χ2v) is 16.3. The maximum absolute atomic E-state index is 12.4. The highest BCUT2D eigenvalue weighted by Crippen LogP contribution is 2.66. The highest BCUT2D eigenvalue weighted by molar-refractivity contribution is 6.18. The molecule has 8 heteroatoms. The number of aliphatic hydroxyl groups excluding tert-OH is 2. The quantitative estimate of drug-likeness (QED) is 0.0867. The summed E-state index contributed by atoms with van der Waals surface area (Å²) < 4.78 is 0. The summed E-state index contributed by atoms with van der Waals surface area (Å²) in [4.78, 5) is 14.6. The lowest BCUT2D eigenvalue weighted by atomic mass is 9.55. The van der Waals surface area contributed by atoms with Crippen LogP contribution in [0.15, 0.2) is 42.5 Å². The fourth-order valence-electron chi connectivity index (χ4n) is 9.88. The average Bonchev–Trinajstić information content (AvgIpc) is 3.33. The standard InChI is InChI=1S/C41H60Cl2N2O4/c1-40-21-19-35-34-18-16-33(47)27-31(34)13-17-36(35)37(40)28-41(29-46,39(40)49)20-6-4-2-3-5-7-24-44-38(48)10-8-9-30-11-14-32(15-12-30)45(25-22-42)26-23-43/h11-12,14-16,18,27,35-37,39,46-47,49H,2-10,13,17,19-26,28-29H2,1H3,(H,44,48)/t35-,36-,37+,39-,40+,41-/m1/s1. The van der Waals surface area contributed by atoms with Crippen LogP contribution >= 0.6 is 23.2 Å². The van der Waals surface area contributed by atoms with Crippen molar-refractivity contribution in [2.45, 2.75) is 115 Å². The van der Waals surface area contributed by atoms with Gasteiger partial charge in [0.05, 0.1) is 12.7 Å². The largest absolute Gasteiger partial charge is 0.508 e. The van der Waals surface area contributed by atoms with Gasteiger partial charge in [0, 0.05) is 48.9 Å². The number of rotatable bonds is 19. The van der Waals surface area contributed by atoms with Crippen LogP contribution in [0, 0.1) is 22.7 Å². The van der Waals surface area contributed by atoms with Crippen molar-refractivity contribution < 1.29 is 20.1 Å². The number of carbonyl (C=O) groups excluding carboxylic acids is 1. The monoisotopic (exact) mass is 714 g/mol. The van der Waals surface area contributed by atoms with Crippen LogP contribution in [0.4, 0.5) is 5.69 Å². The molecule has 1 amide bonds. The van der Waals surface area contributed by atoms with E-state index in [0.29, 0.717) is 41.7 Å². The first-order valence-electron chi connectivity index (χ1n) is 19.1. The van der Waals surface area contributed by atoms with Crippen LogP contribution in [0.25, 0.3) is 0 Å². The summed E-state index contributed by atoms with van der Waals surface area (Å²) in [5, 5.41) is 35.6. The number of aromatic hydroxyl groups is 1. The maximum atomic E-state index is 12.4. The van der Waals surface area contributed by atoms with Crippen molar-refractivity contribution >= 4 is 34.8 Å². The van der Waals surface area contributed by atoms with Crippen LogP contribution in [0.5, 0.6) is 5.75 Å². The first kappa shape index (κ1) is 38.2. The molecule has 5 rings (SSSR count). The number of anilines is 1. The predicted octanol–water partition coefficient (Wildman–Crippen LogP) is 8.35. The van der Waals surface area contributed by atoms with Crippen molar-refractivity contribution in [3.05, 3.63) is 59.2 Å². The lowest BCUT2D eigenvalue weighted by Crippen LogP contribution is -2.46. The Bertz CT molecular complexity index is 1340. The van der Waals surface area contributed by atoms with Crippen LogP contribution in [-0.4, -0.2) is 65.3 Å². The molecule has 49 heavy (non-hydrogen) atoms. The molecule has 0 saturated heterocycles. The van der Waals surface area contributed by atoms with E-state index in [2.05, 4.69) is 47.5 Å². The Morgan fingerprint density at radius 2 is 1.67 bits per heavy atom. The van der Waals surface area contributed by atoms with Gasteiger partial charge in [0.2, 0.25) is 5.91 Å². The third kappa shape index (κ3) is 9.09. The zero-order valence-electron chi connectivity index (χ0n) is 29.7. The number of amides is 1. The maximum Gasteiger partial charge on any atom is 0.220 e. The van der Waals surface area contributed by atoms with E-state index in [9.17, 15) is 20.1 Å². The summed E-state index contributed by atoms with van der Waals surface area (Å²) in [6, 6.07) is 14.4. The fraction of sp³-hybridized carbons (Fsp3) is 0.683. The van der Waals surface area contributed by atoms with Gasteiger partial charge in [0.1, 0.15) is 5.75 Å². The second kappa shape index (κ2) is 18.0. The number of aliphatic hydroxyl groups is 2. The van der Waals surface area contributed by atoms with E-state index in [1.54, 1.807) is 0 Å². The molecule has 0 spiro atoms. The number of nitrogens with one attached hydrogen (secondary N) is 1. The van der Waals surface area contributed by atoms with Crippen LogP contribution < -0.4 is 10.2 Å². The molecular formula is C41H60Cl2N2O4. The second-order valence-electron chi connectivity index (χ2n) is 15.6. The minimum Gasteiger partial charge on any atom is -0.508 e. The molecule has 2 fully saturated rings. The fourth-order valence-corrected chi connectivity index (χ4v) is 10.3. The molecule has 2 saturated carbocycles. The van der Waals surface area contributed by atoms with Gasteiger partial charge in [0.25, 0.3) is 0 Å². The molecule has 6 nitrogen and oxygen atoms in total. The first-order valence-corrected chi connectivity index (χ1v) is 20.1. The van der Waals surface area contributed by atoms with Gasteiger partial charge in [-0.25, -0.2) is 0 Å². The Labute approximate surface area is 305 Å². The normalized spacial score (nSPS) is 27.3. The average molecular weight is 716 g/mol. The number of benzene rings is 2. The summed E-state index contributed by atoms with van der Waals surface area (Å²) in [7, 11) is 0. The van der Waals surface area contributed by atoms with Gasteiger partial charge in [-0.2, -0.15) is 0 Å². The Morgan fingerprint density at radius 3 is 2.39 bits per heavy atom. The number of carbonyl (C=O) groups is 1. The van der Waals surface area contributed by atoms with Gasteiger partial charge in [0.15, 0.2) is 0 Å². The molecule has 0 unspecified atom stereocenters. The summed E-state index contributed by atoms with van der Waals surface area (Å²) in [6.07, 6.45) is 14.3. The molecule has 0 bridgehead atoms. The van der Waals surface area contributed by atoms with Gasteiger partial charge < -0.3 is 25.5 Å². The number of unbranched alkanes of at least 4 members (excludes halogenated alkanes) is 5. The molecule has 4 N–H and O–H groups in total. The van der Waals surface area contributed by atoms with Crippen molar-refractivity contribution in [3.63, 3.8) is 0 Å². The van der Waals surface area contributed by atoms with Crippen LogP contribution in [0.3, 0.4) is 0 Å².